The van der Waals surface area contributed by atoms with Gasteiger partial charge in [0.05, 0.1) is 0 Å². The summed E-state index contributed by atoms with van der Waals surface area (Å²) < 4.78 is 13.4. The third-order valence-corrected chi connectivity index (χ3v) is 2.78. The number of rotatable bonds is 4. The molecule has 1 rings (SSSR count). The summed E-state index contributed by atoms with van der Waals surface area (Å²) in [7, 11) is 0. The number of hydrogen-bond acceptors (Lipinski definition) is 0. The van der Waals surface area contributed by atoms with E-state index in [1.165, 1.54) is 5.56 Å². The monoisotopic (exact) mass is 194 g/mol. The van der Waals surface area contributed by atoms with Gasteiger partial charge in [-0.1, -0.05) is 39.3 Å². The molecule has 0 aromatic heterocycles. The molecule has 0 aliphatic carbocycles. The van der Waals surface area contributed by atoms with E-state index in [9.17, 15) is 4.39 Å². The van der Waals surface area contributed by atoms with E-state index < -0.39 is 0 Å². The Morgan fingerprint density at radius 3 is 2.57 bits per heavy atom. The van der Waals surface area contributed by atoms with Crippen LogP contribution in [0.5, 0.6) is 0 Å². The molecule has 0 aliphatic rings. The van der Waals surface area contributed by atoms with Gasteiger partial charge in [0, 0.05) is 0 Å². The largest absolute Gasteiger partial charge is 0.207 e. The number of aryl methyl sites for hydroxylation is 1. The summed E-state index contributed by atoms with van der Waals surface area (Å²) in [6.45, 7) is 6.41. The predicted molar refractivity (Wildman–Crippen MR) is 58.9 cm³/mol. The number of benzene rings is 1. The Balaban J connectivity index is 2.83. The van der Waals surface area contributed by atoms with E-state index in [1.54, 1.807) is 6.07 Å². The highest BCUT2D eigenvalue weighted by Crippen LogP contribution is 2.17. The van der Waals surface area contributed by atoms with Crippen LogP contribution in [0.15, 0.2) is 18.2 Å². The molecular weight excluding hydrogens is 175 g/mol. The third kappa shape index (κ3) is 2.83. The summed E-state index contributed by atoms with van der Waals surface area (Å²) in [6, 6.07) is 5.47. The fourth-order valence-electron chi connectivity index (χ4n) is 1.52. The summed E-state index contributed by atoms with van der Waals surface area (Å²) in [5.41, 5.74) is 2.10. The highest BCUT2D eigenvalue weighted by atomic mass is 19.1. The quantitative estimate of drug-likeness (QED) is 0.680. The maximum atomic E-state index is 13.4. The standard InChI is InChI=1S/C13H19F/c1-4-10(3)8-12-9-11(5-2)6-7-13(12)14/h6-7,9-10H,4-5,8H2,1-3H3. The molecule has 1 atom stereocenters. The zero-order valence-corrected chi connectivity index (χ0v) is 9.31. The van der Waals surface area contributed by atoms with Crippen molar-refractivity contribution in [2.24, 2.45) is 5.92 Å². The minimum atomic E-state index is -0.0532. The lowest BCUT2D eigenvalue weighted by atomic mass is 9.97. The van der Waals surface area contributed by atoms with E-state index in [-0.39, 0.29) is 5.82 Å². The lowest BCUT2D eigenvalue weighted by Crippen LogP contribution is -2.01. The maximum Gasteiger partial charge on any atom is 0.126 e. The third-order valence-electron chi connectivity index (χ3n) is 2.78. The molecule has 0 saturated carbocycles. The first-order valence-corrected chi connectivity index (χ1v) is 5.44. The molecular formula is C13H19F. The highest BCUT2D eigenvalue weighted by Gasteiger charge is 2.06. The lowest BCUT2D eigenvalue weighted by molar-refractivity contribution is 0.530. The van der Waals surface area contributed by atoms with Crippen LogP contribution in [-0.4, -0.2) is 0 Å². The van der Waals surface area contributed by atoms with Crippen LogP contribution >= 0.6 is 0 Å². The van der Waals surface area contributed by atoms with Crippen LogP contribution in [0, 0.1) is 11.7 Å². The Bertz CT molecular complexity index is 291. The number of hydrogen-bond donors (Lipinski definition) is 0. The minimum absolute atomic E-state index is 0.0532. The Hall–Kier alpha value is -0.850. The fraction of sp³-hybridized carbons (Fsp3) is 0.538. The molecule has 0 heterocycles. The number of halogens is 1. The van der Waals surface area contributed by atoms with E-state index in [2.05, 4.69) is 20.8 Å². The van der Waals surface area contributed by atoms with Crippen molar-refractivity contribution in [3.8, 4) is 0 Å². The molecule has 0 spiro atoms. The van der Waals surface area contributed by atoms with Crippen molar-refractivity contribution in [3.63, 3.8) is 0 Å². The first kappa shape index (κ1) is 11.2. The normalized spacial score (nSPS) is 12.9. The van der Waals surface area contributed by atoms with Crippen LogP contribution in [0.4, 0.5) is 4.39 Å². The van der Waals surface area contributed by atoms with Crippen molar-refractivity contribution >= 4 is 0 Å². The van der Waals surface area contributed by atoms with Crippen LogP contribution < -0.4 is 0 Å². The molecule has 1 aromatic carbocycles. The molecule has 1 unspecified atom stereocenters. The molecule has 0 radical (unpaired) electrons. The van der Waals surface area contributed by atoms with E-state index in [0.29, 0.717) is 5.92 Å². The molecule has 0 N–H and O–H groups in total. The molecule has 0 fully saturated rings. The first-order valence-electron chi connectivity index (χ1n) is 5.44. The molecule has 0 aliphatic heterocycles. The Morgan fingerprint density at radius 2 is 2.00 bits per heavy atom. The molecule has 1 heteroatoms. The average Bonchev–Trinajstić information content (AvgIpc) is 2.21. The molecule has 78 valence electrons. The molecule has 14 heavy (non-hydrogen) atoms. The summed E-state index contributed by atoms with van der Waals surface area (Å²) >= 11 is 0. The van der Waals surface area contributed by atoms with Crippen LogP contribution in [0.3, 0.4) is 0 Å². The van der Waals surface area contributed by atoms with E-state index >= 15 is 0 Å². The van der Waals surface area contributed by atoms with Gasteiger partial charge in [-0.15, -0.1) is 0 Å². The SMILES string of the molecule is CCc1ccc(F)c(CC(C)CC)c1. The molecule has 0 saturated heterocycles. The van der Waals surface area contributed by atoms with Crippen LogP contribution in [0.2, 0.25) is 0 Å². The Morgan fingerprint density at radius 1 is 1.29 bits per heavy atom. The van der Waals surface area contributed by atoms with Crippen molar-refractivity contribution < 1.29 is 4.39 Å². The molecule has 0 amide bonds. The van der Waals surface area contributed by atoms with Crippen LogP contribution in [0.1, 0.15) is 38.3 Å². The van der Waals surface area contributed by atoms with Crippen molar-refractivity contribution in [2.45, 2.75) is 40.0 Å². The van der Waals surface area contributed by atoms with Gasteiger partial charge in [0.15, 0.2) is 0 Å². The van der Waals surface area contributed by atoms with Crippen molar-refractivity contribution in [1.82, 2.24) is 0 Å². The van der Waals surface area contributed by atoms with Crippen LogP contribution in [0.25, 0.3) is 0 Å². The zero-order valence-electron chi connectivity index (χ0n) is 9.31. The summed E-state index contributed by atoms with van der Waals surface area (Å²) in [4.78, 5) is 0. The second-order valence-electron chi connectivity index (χ2n) is 4.00. The van der Waals surface area contributed by atoms with Crippen molar-refractivity contribution in [1.29, 1.82) is 0 Å². The van der Waals surface area contributed by atoms with Gasteiger partial charge >= 0.3 is 0 Å². The van der Waals surface area contributed by atoms with Crippen molar-refractivity contribution in [2.75, 3.05) is 0 Å². The summed E-state index contributed by atoms with van der Waals surface area (Å²) in [5, 5.41) is 0. The lowest BCUT2D eigenvalue weighted by Gasteiger charge is -2.10. The molecule has 0 bridgehead atoms. The molecule has 0 nitrogen and oxygen atoms in total. The van der Waals surface area contributed by atoms with Gasteiger partial charge in [0.2, 0.25) is 0 Å². The second-order valence-corrected chi connectivity index (χ2v) is 4.00. The average molecular weight is 194 g/mol. The predicted octanol–water partition coefficient (Wildman–Crippen LogP) is 3.98. The van der Waals surface area contributed by atoms with E-state index in [1.807, 2.05) is 12.1 Å². The highest BCUT2D eigenvalue weighted by molar-refractivity contribution is 5.25. The van der Waals surface area contributed by atoms with Crippen LogP contribution in [-0.2, 0) is 12.8 Å². The Kier molecular flexibility index (Phi) is 4.12. The first-order chi connectivity index (χ1) is 6.67. The minimum Gasteiger partial charge on any atom is -0.207 e. The summed E-state index contributed by atoms with van der Waals surface area (Å²) in [6.07, 6.45) is 2.94. The van der Waals surface area contributed by atoms with Gasteiger partial charge < -0.3 is 0 Å². The second kappa shape index (κ2) is 5.14. The van der Waals surface area contributed by atoms with Gasteiger partial charge in [-0.3, -0.25) is 0 Å². The summed E-state index contributed by atoms with van der Waals surface area (Å²) in [5.74, 6) is 0.513. The topological polar surface area (TPSA) is 0 Å². The Labute approximate surface area is 86.2 Å². The van der Waals surface area contributed by atoms with E-state index in [4.69, 9.17) is 0 Å². The van der Waals surface area contributed by atoms with Gasteiger partial charge in [0.25, 0.3) is 0 Å². The van der Waals surface area contributed by atoms with Gasteiger partial charge in [-0.25, -0.2) is 4.39 Å². The molecule has 1 aromatic rings. The van der Waals surface area contributed by atoms with Crippen molar-refractivity contribution in [3.05, 3.63) is 35.1 Å². The van der Waals surface area contributed by atoms with Gasteiger partial charge in [-0.05, 0) is 36.0 Å². The maximum absolute atomic E-state index is 13.4. The van der Waals surface area contributed by atoms with Gasteiger partial charge in [-0.2, -0.15) is 0 Å². The zero-order chi connectivity index (χ0) is 10.6. The van der Waals surface area contributed by atoms with Gasteiger partial charge in [0.1, 0.15) is 5.82 Å². The fourth-order valence-corrected chi connectivity index (χ4v) is 1.52. The van der Waals surface area contributed by atoms with E-state index in [0.717, 1.165) is 24.8 Å². The smallest absolute Gasteiger partial charge is 0.126 e.